The fourth-order valence-corrected chi connectivity index (χ4v) is 3.69. The van der Waals surface area contributed by atoms with Crippen molar-refractivity contribution in [2.24, 2.45) is 0 Å². The molecule has 6 nitrogen and oxygen atoms in total. The van der Waals surface area contributed by atoms with Gasteiger partial charge in [0, 0.05) is 11.8 Å². The molecule has 0 radical (unpaired) electrons. The molecule has 1 N–H and O–H groups in total. The van der Waals surface area contributed by atoms with E-state index in [0.29, 0.717) is 11.4 Å². The van der Waals surface area contributed by atoms with Gasteiger partial charge in [0.1, 0.15) is 5.82 Å². The number of aromatic hydroxyl groups is 1. The van der Waals surface area contributed by atoms with Crippen molar-refractivity contribution in [1.82, 2.24) is 19.5 Å². The van der Waals surface area contributed by atoms with Crippen molar-refractivity contribution in [3.8, 4) is 22.8 Å². The van der Waals surface area contributed by atoms with E-state index in [1.807, 2.05) is 20.8 Å². The number of halogens is 2. The number of hydrogen-bond acceptors (Lipinski definition) is 5. The zero-order chi connectivity index (χ0) is 21.6. The fraction of sp³-hybridized carbons (Fsp3) is 0.182. The maximum Gasteiger partial charge on any atom is 0.357 e. The van der Waals surface area contributed by atoms with Gasteiger partial charge in [-0.1, -0.05) is 37.6 Å². The number of pyridine rings is 2. The first kappa shape index (κ1) is 20.0. The maximum absolute atomic E-state index is 14.4. The molecule has 0 amide bonds. The van der Waals surface area contributed by atoms with Crippen molar-refractivity contribution >= 4 is 22.6 Å². The van der Waals surface area contributed by atoms with Gasteiger partial charge in [0.05, 0.1) is 27.5 Å². The highest BCUT2D eigenvalue weighted by atomic mass is 35.5. The summed E-state index contributed by atoms with van der Waals surface area (Å²) in [5.74, 6) is -0.985. The molecule has 4 aromatic rings. The van der Waals surface area contributed by atoms with E-state index < -0.39 is 17.4 Å². The summed E-state index contributed by atoms with van der Waals surface area (Å²) in [5.41, 5.74) is 1.74. The number of rotatable bonds is 3. The van der Waals surface area contributed by atoms with Gasteiger partial charge in [-0.25, -0.2) is 18.7 Å². The maximum atomic E-state index is 14.4. The highest BCUT2D eigenvalue weighted by Gasteiger charge is 2.22. The molecule has 152 valence electrons. The number of nitrogens with zero attached hydrogens (tertiary/aromatic N) is 4. The van der Waals surface area contributed by atoms with E-state index >= 15 is 0 Å². The Hall–Kier alpha value is -3.32. The second-order valence-electron chi connectivity index (χ2n) is 7.24. The predicted molar refractivity (Wildman–Crippen MR) is 114 cm³/mol. The second-order valence-corrected chi connectivity index (χ2v) is 7.65. The molecule has 0 spiro atoms. The molecule has 4 rings (SSSR count). The lowest BCUT2D eigenvalue weighted by atomic mass is 10.0. The quantitative estimate of drug-likeness (QED) is 0.512. The topological polar surface area (TPSA) is 80.9 Å². The van der Waals surface area contributed by atoms with E-state index in [1.54, 1.807) is 30.5 Å². The number of benzene rings is 1. The number of aromatic nitrogens is 4. The largest absolute Gasteiger partial charge is 0.493 e. The van der Waals surface area contributed by atoms with E-state index in [-0.39, 0.29) is 33.2 Å². The van der Waals surface area contributed by atoms with Crippen molar-refractivity contribution < 1.29 is 9.50 Å². The van der Waals surface area contributed by atoms with E-state index in [4.69, 9.17) is 11.6 Å². The summed E-state index contributed by atoms with van der Waals surface area (Å²) in [6, 6.07) is 9.29. The van der Waals surface area contributed by atoms with Gasteiger partial charge in [-0.05, 0) is 42.7 Å². The van der Waals surface area contributed by atoms with Crippen molar-refractivity contribution in [2.75, 3.05) is 0 Å². The van der Waals surface area contributed by atoms with Gasteiger partial charge >= 0.3 is 5.69 Å². The lowest BCUT2D eigenvalue weighted by Crippen LogP contribution is -2.25. The lowest BCUT2D eigenvalue weighted by Gasteiger charge is -2.18. The second kappa shape index (κ2) is 7.50. The van der Waals surface area contributed by atoms with Crippen molar-refractivity contribution in [3.05, 3.63) is 75.2 Å². The zero-order valence-corrected chi connectivity index (χ0v) is 17.3. The van der Waals surface area contributed by atoms with E-state index in [2.05, 4.69) is 15.0 Å². The Morgan fingerprint density at radius 1 is 1.17 bits per heavy atom. The van der Waals surface area contributed by atoms with Crippen LogP contribution in [0.15, 0.2) is 47.4 Å². The highest BCUT2D eigenvalue weighted by Crippen LogP contribution is 2.34. The van der Waals surface area contributed by atoms with Gasteiger partial charge in [-0.15, -0.1) is 0 Å². The number of fused-ring (bicyclic) bond motifs is 1. The van der Waals surface area contributed by atoms with E-state index in [9.17, 15) is 14.3 Å². The van der Waals surface area contributed by atoms with Crippen LogP contribution in [0.1, 0.15) is 31.0 Å². The van der Waals surface area contributed by atoms with Crippen LogP contribution < -0.4 is 5.69 Å². The van der Waals surface area contributed by atoms with Crippen LogP contribution in [-0.2, 0) is 0 Å². The minimum atomic E-state index is -0.715. The summed E-state index contributed by atoms with van der Waals surface area (Å²) in [4.78, 5) is 25.6. The molecule has 30 heavy (non-hydrogen) atoms. The van der Waals surface area contributed by atoms with Gasteiger partial charge < -0.3 is 5.11 Å². The smallest absolute Gasteiger partial charge is 0.357 e. The van der Waals surface area contributed by atoms with Gasteiger partial charge in [0.2, 0.25) is 5.88 Å². The average molecular weight is 425 g/mol. The molecule has 0 bridgehead atoms. The third-order valence-electron chi connectivity index (χ3n) is 4.86. The Morgan fingerprint density at radius 2 is 1.90 bits per heavy atom. The summed E-state index contributed by atoms with van der Waals surface area (Å²) >= 11 is 6.37. The molecule has 3 heterocycles. The molecule has 1 aromatic carbocycles. The Bertz CT molecular complexity index is 1350. The van der Waals surface area contributed by atoms with Crippen molar-refractivity contribution in [2.45, 2.75) is 26.7 Å². The third kappa shape index (κ3) is 3.21. The van der Waals surface area contributed by atoms with Crippen molar-refractivity contribution in [1.29, 1.82) is 0 Å². The predicted octanol–water partition coefficient (Wildman–Crippen LogP) is 4.77. The molecule has 0 unspecified atom stereocenters. The van der Waals surface area contributed by atoms with Crippen LogP contribution in [0.5, 0.6) is 5.88 Å². The Labute approximate surface area is 176 Å². The summed E-state index contributed by atoms with van der Waals surface area (Å²) < 4.78 is 15.7. The van der Waals surface area contributed by atoms with Crippen LogP contribution in [0.25, 0.3) is 28.0 Å². The van der Waals surface area contributed by atoms with Gasteiger partial charge in [0.25, 0.3) is 0 Å². The standard InChI is InChI=1S/C22H18ClFN4O2/c1-11(2)17-19(12(3)8-9-25-17)28-20-14(21(29)27-22(28)30)10-15(23)18(26-20)13-6-4-5-7-16(13)24/h4-11H,1-3H3,(H,27,29,30). The molecule has 0 atom stereocenters. The molecule has 0 aliphatic rings. The van der Waals surface area contributed by atoms with Crippen LogP contribution in [0.4, 0.5) is 4.39 Å². The lowest BCUT2D eigenvalue weighted by molar-refractivity contribution is 0.455. The first-order valence-electron chi connectivity index (χ1n) is 9.32. The van der Waals surface area contributed by atoms with Gasteiger partial charge in [0.15, 0.2) is 5.65 Å². The van der Waals surface area contributed by atoms with Crippen LogP contribution >= 0.6 is 11.6 Å². The summed E-state index contributed by atoms with van der Waals surface area (Å²) in [5, 5.41) is 10.6. The summed E-state index contributed by atoms with van der Waals surface area (Å²) in [6.45, 7) is 5.77. The summed E-state index contributed by atoms with van der Waals surface area (Å²) in [7, 11) is 0. The highest BCUT2D eigenvalue weighted by molar-refractivity contribution is 6.33. The number of aryl methyl sites for hydroxylation is 1. The zero-order valence-electron chi connectivity index (χ0n) is 16.5. The molecule has 0 saturated carbocycles. The van der Waals surface area contributed by atoms with Crippen molar-refractivity contribution in [3.63, 3.8) is 0 Å². The third-order valence-corrected chi connectivity index (χ3v) is 5.14. The Morgan fingerprint density at radius 3 is 2.60 bits per heavy atom. The molecular weight excluding hydrogens is 407 g/mol. The number of hydrogen-bond donors (Lipinski definition) is 1. The van der Waals surface area contributed by atoms with E-state index in [1.165, 1.54) is 16.7 Å². The first-order valence-corrected chi connectivity index (χ1v) is 9.70. The molecule has 0 fully saturated rings. The fourth-order valence-electron chi connectivity index (χ4n) is 3.43. The normalized spacial score (nSPS) is 11.4. The molecule has 0 aliphatic heterocycles. The molecule has 3 aromatic heterocycles. The molecule has 8 heteroatoms. The molecule has 0 saturated heterocycles. The van der Waals surface area contributed by atoms with Crippen LogP contribution in [-0.4, -0.2) is 24.6 Å². The summed E-state index contributed by atoms with van der Waals surface area (Å²) in [6.07, 6.45) is 1.67. The Balaban J connectivity index is 2.17. The molecule has 0 aliphatic carbocycles. The van der Waals surface area contributed by atoms with E-state index in [0.717, 1.165) is 5.56 Å². The SMILES string of the molecule is Cc1ccnc(C(C)C)c1-n1c(=O)nc(O)c2cc(Cl)c(-c3ccccc3F)nc21. The van der Waals surface area contributed by atoms with Gasteiger partial charge in [-0.3, -0.25) is 4.98 Å². The van der Waals surface area contributed by atoms with Gasteiger partial charge in [-0.2, -0.15) is 4.98 Å². The first-order chi connectivity index (χ1) is 14.3. The minimum Gasteiger partial charge on any atom is -0.493 e. The monoisotopic (exact) mass is 424 g/mol. The minimum absolute atomic E-state index is 0.00833. The van der Waals surface area contributed by atoms with Crippen LogP contribution in [0.2, 0.25) is 5.02 Å². The average Bonchev–Trinajstić information content (AvgIpc) is 2.69. The van der Waals surface area contributed by atoms with Crippen LogP contribution in [0.3, 0.4) is 0 Å². The Kier molecular flexibility index (Phi) is 4.99. The molecular formula is C22H18ClFN4O2. The van der Waals surface area contributed by atoms with Crippen LogP contribution in [0, 0.1) is 12.7 Å².